The van der Waals surface area contributed by atoms with E-state index in [9.17, 15) is 0 Å². The first-order valence-electron chi connectivity index (χ1n) is 7.80. The van der Waals surface area contributed by atoms with Crippen molar-refractivity contribution < 1.29 is 0 Å². The number of piperidine rings is 1. The monoisotopic (exact) mass is 253 g/mol. The van der Waals surface area contributed by atoms with Gasteiger partial charge in [0.15, 0.2) is 0 Å². The van der Waals surface area contributed by atoms with E-state index in [0.717, 1.165) is 18.1 Å². The van der Waals surface area contributed by atoms with Gasteiger partial charge in [-0.15, -0.1) is 0 Å². The highest BCUT2D eigenvalue weighted by Gasteiger charge is 2.31. The van der Waals surface area contributed by atoms with Crippen molar-refractivity contribution in [2.75, 3.05) is 39.8 Å². The summed E-state index contributed by atoms with van der Waals surface area (Å²) in [6, 6.07) is 2.34. The Morgan fingerprint density at radius 1 is 1.11 bits per heavy atom. The Balaban J connectivity index is 1.85. The van der Waals surface area contributed by atoms with Crippen LogP contribution >= 0.6 is 0 Å². The Kier molecular flexibility index (Phi) is 5.05. The van der Waals surface area contributed by atoms with Gasteiger partial charge in [-0.1, -0.05) is 6.92 Å². The van der Waals surface area contributed by atoms with E-state index in [0.29, 0.717) is 0 Å². The minimum absolute atomic E-state index is 0.737. The molecule has 0 bridgehead atoms. The highest BCUT2D eigenvalue weighted by molar-refractivity contribution is 4.88. The normalized spacial score (nSPS) is 31.7. The number of piperazine rings is 1. The maximum absolute atomic E-state index is 2.78. The molecule has 0 radical (unpaired) electrons. The van der Waals surface area contributed by atoms with Gasteiger partial charge in [0.25, 0.3) is 0 Å². The van der Waals surface area contributed by atoms with E-state index in [1.807, 2.05) is 0 Å². The van der Waals surface area contributed by atoms with Gasteiger partial charge < -0.3 is 4.90 Å². The van der Waals surface area contributed by atoms with Crippen molar-refractivity contribution in [3.05, 3.63) is 0 Å². The molecule has 0 aromatic carbocycles. The minimum Gasteiger partial charge on any atom is -0.306 e. The fourth-order valence-electron chi connectivity index (χ4n) is 3.53. The third-order valence-electron chi connectivity index (χ3n) is 5.08. The molecule has 1 unspecified atom stereocenters. The van der Waals surface area contributed by atoms with Crippen molar-refractivity contribution >= 4 is 0 Å². The largest absolute Gasteiger partial charge is 0.306 e. The molecule has 0 aromatic heterocycles. The van der Waals surface area contributed by atoms with Gasteiger partial charge in [-0.05, 0) is 53.2 Å². The molecule has 2 heterocycles. The third-order valence-corrected chi connectivity index (χ3v) is 5.08. The molecule has 0 aromatic rings. The molecule has 2 rings (SSSR count). The predicted octanol–water partition coefficient (Wildman–Crippen LogP) is 1.89. The van der Waals surface area contributed by atoms with E-state index < -0.39 is 0 Å². The van der Waals surface area contributed by atoms with Crippen molar-refractivity contribution in [2.45, 2.75) is 58.2 Å². The molecule has 0 aliphatic carbocycles. The first-order valence-corrected chi connectivity index (χ1v) is 7.80. The second kappa shape index (κ2) is 6.36. The molecule has 2 aliphatic heterocycles. The minimum atomic E-state index is 0.737. The fraction of sp³-hybridized carbons (Fsp3) is 1.00. The van der Waals surface area contributed by atoms with Gasteiger partial charge in [0.2, 0.25) is 0 Å². The number of nitrogens with zero attached hydrogens (tertiary/aromatic N) is 3. The molecular weight excluding hydrogens is 222 g/mol. The van der Waals surface area contributed by atoms with Crippen LogP contribution in [0.5, 0.6) is 0 Å². The van der Waals surface area contributed by atoms with Crippen molar-refractivity contribution in [1.82, 2.24) is 14.7 Å². The number of hydrogen-bond donors (Lipinski definition) is 0. The lowest BCUT2D eigenvalue weighted by Crippen LogP contribution is -2.58. The molecule has 0 N–H and O–H groups in total. The van der Waals surface area contributed by atoms with Crippen LogP contribution in [0, 0.1) is 0 Å². The standard InChI is InChI=1S/C15H31N3/c1-5-13(2)17-10-11-18(14(3)12-17)15-6-8-16(4)9-7-15/h13-15H,5-12H2,1-4H3/t13?,14-/m1/s1. The summed E-state index contributed by atoms with van der Waals surface area (Å²) in [5.74, 6) is 0. The lowest BCUT2D eigenvalue weighted by molar-refractivity contribution is 0.0117. The molecule has 2 atom stereocenters. The smallest absolute Gasteiger partial charge is 0.0198 e. The van der Waals surface area contributed by atoms with E-state index >= 15 is 0 Å². The Bertz CT molecular complexity index is 248. The van der Waals surface area contributed by atoms with Crippen LogP contribution in [-0.4, -0.2) is 72.6 Å². The van der Waals surface area contributed by atoms with Crippen molar-refractivity contribution in [3.8, 4) is 0 Å². The quantitative estimate of drug-likeness (QED) is 0.760. The first-order chi connectivity index (χ1) is 8.61. The van der Waals surface area contributed by atoms with Crippen LogP contribution in [0.2, 0.25) is 0 Å². The van der Waals surface area contributed by atoms with Crippen LogP contribution in [0.3, 0.4) is 0 Å². The van der Waals surface area contributed by atoms with E-state index in [-0.39, 0.29) is 0 Å². The molecule has 0 saturated carbocycles. The number of hydrogen-bond acceptors (Lipinski definition) is 3. The van der Waals surface area contributed by atoms with Crippen LogP contribution < -0.4 is 0 Å². The Labute approximate surface area is 113 Å². The average Bonchev–Trinajstić information content (AvgIpc) is 2.39. The second-order valence-corrected chi connectivity index (χ2v) is 6.37. The zero-order valence-corrected chi connectivity index (χ0v) is 12.7. The second-order valence-electron chi connectivity index (χ2n) is 6.37. The Hall–Kier alpha value is -0.120. The topological polar surface area (TPSA) is 9.72 Å². The molecule has 18 heavy (non-hydrogen) atoms. The van der Waals surface area contributed by atoms with Crippen molar-refractivity contribution in [2.24, 2.45) is 0 Å². The molecule has 2 fully saturated rings. The van der Waals surface area contributed by atoms with Gasteiger partial charge in [0, 0.05) is 37.8 Å². The summed E-state index contributed by atoms with van der Waals surface area (Å²) in [6.45, 7) is 13.5. The van der Waals surface area contributed by atoms with Gasteiger partial charge in [-0.2, -0.15) is 0 Å². The van der Waals surface area contributed by atoms with Crippen LogP contribution in [-0.2, 0) is 0 Å². The molecule has 0 spiro atoms. The van der Waals surface area contributed by atoms with Crippen molar-refractivity contribution in [1.29, 1.82) is 0 Å². The van der Waals surface area contributed by atoms with E-state index in [4.69, 9.17) is 0 Å². The number of likely N-dealkylation sites (tertiary alicyclic amines) is 1. The van der Waals surface area contributed by atoms with Gasteiger partial charge in [0.1, 0.15) is 0 Å². The van der Waals surface area contributed by atoms with E-state index in [2.05, 4.69) is 42.5 Å². The summed E-state index contributed by atoms with van der Waals surface area (Å²) in [4.78, 5) is 7.93. The van der Waals surface area contributed by atoms with Gasteiger partial charge in [0.05, 0.1) is 0 Å². The summed E-state index contributed by atoms with van der Waals surface area (Å²) in [5, 5.41) is 0. The first kappa shape index (κ1) is 14.3. The predicted molar refractivity (Wildman–Crippen MR) is 78.0 cm³/mol. The van der Waals surface area contributed by atoms with E-state index in [1.165, 1.54) is 52.0 Å². The Morgan fingerprint density at radius 2 is 1.78 bits per heavy atom. The summed E-state index contributed by atoms with van der Waals surface area (Å²) in [5.41, 5.74) is 0. The molecule has 3 nitrogen and oxygen atoms in total. The van der Waals surface area contributed by atoms with Crippen LogP contribution in [0.15, 0.2) is 0 Å². The molecule has 3 heteroatoms. The van der Waals surface area contributed by atoms with E-state index in [1.54, 1.807) is 0 Å². The highest BCUT2D eigenvalue weighted by Crippen LogP contribution is 2.22. The molecule has 0 amide bonds. The lowest BCUT2D eigenvalue weighted by atomic mass is 9.99. The zero-order chi connectivity index (χ0) is 13.1. The molecule has 2 saturated heterocycles. The fourth-order valence-corrected chi connectivity index (χ4v) is 3.53. The van der Waals surface area contributed by atoms with Gasteiger partial charge >= 0.3 is 0 Å². The Morgan fingerprint density at radius 3 is 2.33 bits per heavy atom. The van der Waals surface area contributed by atoms with Crippen molar-refractivity contribution in [3.63, 3.8) is 0 Å². The lowest BCUT2D eigenvalue weighted by Gasteiger charge is -2.47. The molecule has 106 valence electrons. The average molecular weight is 253 g/mol. The highest BCUT2D eigenvalue weighted by atomic mass is 15.3. The van der Waals surface area contributed by atoms with Crippen LogP contribution in [0.25, 0.3) is 0 Å². The zero-order valence-electron chi connectivity index (χ0n) is 12.7. The van der Waals surface area contributed by atoms with Crippen LogP contribution in [0.1, 0.15) is 40.0 Å². The maximum Gasteiger partial charge on any atom is 0.0198 e. The molecular formula is C15H31N3. The third kappa shape index (κ3) is 3.25. The summed E-state index contributed by atoms with van der Waals surface area (Å²) in [6.07, 6.45) is 4.01. The summed E-state index contributed by atoms with van der Waals surface area (Å²) < 4.78 is 0. The SMILES string of the molecule is CCC(C)N1CCN(C2CCN(C)CC2)[C@H](C)C1. The van der Waals surface area contributed by atoms with Gasteiger partial charge in [-0.25, -0.2) is 0 Å². The number of rotatable bonds is 3. The molecule has 2 aliphatic rings. The summed E-state index contributed by atoms with van der Waals surface area (Å²) in [7, 11) is 2.25. The maximum atomic E-state index is 2.78. The van der Waals surface area contributed by atoms with Gasteiger partial charge in [-0.3, -0.25) is 9.80 Å². The summed E-state index contributed by atoms with van der Waals surface area (Å²) >= 11 is 0. The van der Waals surface area contributed by atoms with Crippen LogP contribution in [0.4, 0.5) is 0 Å².